The molecule has 11 heteroatoms. The third-order valence-electron chi connectivity index (χ3n) is 4.03. The minimum Gasteiger partial charge on any atom is -0.330 e. The summed E-state index contributed by atoms with van der Waals surface area (Å²) in [6, 6.07) is 4.78. The molecule has 0 aliphatic heterocycles. The van der Waals surface area contributed by atoms with Crippen LogP contribution in [0.2, 0.25) is 25.2 Å². The zero-order valence-corrected chi connectivity index (χ0v) is 18.7. The summed E-state index contributed by atoms with van der Waals surface area (Å²) in [6.45, 7) is 2.26. The van der Waals surface area contributed by atoms with Gasteiger partial charge in [0.2, 0.25) is 0 Å². The van der Waals surface area contributed by atoms with E-state index in [-0.39, 0.29) is 43.8 Å². The number of aromatic nitrogens is 3. The molecule has 1 aromatic carbocycles. The van der Waals surface area contributed by atoms with Crippen molar-refractivity contribution in [1.82, 2.24) is 19.9 Å². The largest absolute Gasteiger partial charge is 0.330 e. The van der Waals surface area contributed by atoms with Crippen molar-refractivity contribution in [3.05, 3.63) is 65.3 Å². The van der Waals surface area contributed by atoms with Crippen LogP contribution in [0.5, 0.6) is 0 Å². The Balaban J connectivity index is 2.00. The fraction of sp³-hybridized carbons (Fsp3) is 0.222. The van der Waals surface area contributed by atoms with E-state index in [2.05, 4.69) is 15.0 Å². The van der Waals surface area contributed by atoms with Crippen molar-refractivity contribution in [1.29, 1.82) is 0 Å². The van der Waals surface area contributed by atoms with Gasteiger partial charge in [-0.2, -0.15) is 0 Å². The van der Waals surface area contributed by atoms with Crippen LogP contribution in [0.1, 0.15) is 29.7 Å². The molecule has 0 bridgehead atoms. The van der Waals surface area contributed by atoms with Crippen LogP contribution in [-0.4, -0.2) is 32.3 Å². The molecular weight excluding hydrogens is 481 g/mol. The average Bonchev–Trinajstić information content (AvgIpc) is 2.68. The number of amides is 1. The van der Waals surface area contributed by atoms with Crippen LogP contribution in [0, 0.1) is 0 Å². The zero-order valence-electron chi connectivity index (χ0n) is 14.9. The molecular formula is C18H13Cl5N4O2. The first-order valence-corrected chi connectivity index (χ1v) is 10.3. The highest BCUT2D eigenvalue weighted by atomic mass is 35.5. The second kappa shape index (κ2) is 9.06. The standard InChI is InChI=1S/C18H13Cl5N4O2/c1-2-5-27(18(29)15-13(21)12(20)14(22)16(23)26-15)7-11-24-10-6-8(19)3-4-9(10)17(28)25-11/h3-4,6H,2,5,7H2,1H3,(H,24,25,28). The Labute approximate surface area is 190 Å². The Bertz CT molecular complexity index is 1170. The number of nitrogens with one attached hydrogen (secondary N) is 1. The van der Waals surface area contributed by atoms with Crippen LogP contribution < -0.4 is 5.56 Å². The Morgan fingerprint density at radius 3 is 2.48 bits per heavy atom. The van der Waals surface area contributed by atoms with Crippen LogP contribution in [-0.2, 0) is 6.54 Å². The SMILES string of the molecule is CCCN(Cc1nc2cc(Cl)ccc2c(=O)[nH]1)C(=O)c1nc(Cl)c(Cl)c(Cl)c1Cl. The highest BCUT2D eigenvalue weighted by molar-refractivity contribution is 6.52. The summed E-state index contributed by atoms with van der Waals surface area (Å²) in [4.78, 5) is 37.9. The number of hydrogen-bond acceptors (Lipinski definition) is 4. The molecule has 6 nitrogen and oxygen atoms in total. The molecule has 2 aromatic heterocycles. The highest BCUT2D eigenvalue weighted by Gasteiger charge is 2.25. The first-order chi connectivity index (χ1) is 13.7. The predicted molar refractivity (Wildman–Crippen MR) is 117 cm³/mol. The van der Waals surface area contributed by atoms with Crippen molar-refractivity contribution in [2.24, 2.45) is 0 Å². The van der Waals surface area contributed by atoms with Gasteiger partial charge in [-0.05, 0) is 24.6 Å². The lowest BCUT2D eigenvalue weighted by Gasteiger charge is -2.22. The van der Waals surface area contributed by atoms with Gasteiger partial charge >= 0.3 is 0 Å². The third-order valence-corrected chi connectivity index (χ3v) is 5.94. The summed E-state index contributed by atoms with van der Waals surface area (Å²) in [6.07, 6.45) is 0.641. The molecule has 0 aliphatic rings. The molecule has 0 atom stereocenters. The van der Waals surface area contributed by atoms with Gasteiger partial charge < -0.3 is 9.88 Å². The summed E-state index contributed by atoms with van der Waals surface area (Å²) in [7, 11) is 0. The number of fused-ring (bicyclic) bond motifs is 1. The molecule has 0 radical (unpaired) electrons. The van der Waals surface area contributed by atoms with Gasteiger partial charge in [0.25, 0.3) is 11.5 Å². The summed E-state index contributed by atoms with van der Waals surface area (Å²) in [5.74, 6) is -0.236. The smallest absolute Gasteiger partial charge is 0.274 e. The van der Waals surface area contributed by atoms with Gasteiger partial charge in [-0.25, -0.2) is 9.97 Å². The zero-order chi connectivity index (χ0) is 21.3. The van der Waals surface area contributed by atoms with Crippen molar-refractivity contribution < 1.29 is 4.79 Å². The fourth-order valence-corrected chi connectivity index (χ4v) is 3.69. The van der Waals surface area contributed by atoms with Crippen molar-refractivity contribution >= 4 is 74.8 Å². The van der Waals surface area contributed by atoms with E-state index in [1.54, 1.807) is 18.2 Å². The second-order valence-corrected chi connectivity index (χ2v) is 8.02. The quantitative estimate of drug-likeness (QED) is 0.466. The molecule has 152 valence electrons. The number of halogens is 5. The van der Waals surface area contributed by atoms with Crippen LogP contribution in [0.4, 0.5) is 0 Å². The van der Waals surface area contributed by atoms with Crippen LogP contribution >= 0.6 is 58.0 Å². The molecule has 0 fully saturated rings. The number of nitrogens with zero attached hydrogens (tertiary/aromatic N) is 3. The van der Waals surface area contributed by atoms with Crippen molar-refractivity contribution in [3.8, 4) is 0 Å². The molecule has 2 heterocycles. The maximum Gasteiger partial charge on any atom is 0.274 e. The van der Waals surface area contributed by atoms with E-state index in [1.165, 1.54) is 4.90 Å². The lowest BCUT2D eigenvalue weighted by molar-refractivity contribution is 0.0733. The fourth-order valence-electron chi connectivity index (χ4n) is 2.72. The summed E-state index contributed by atoms with van der Waals surface area (Å²) >= 11 is 30.1. The summed E-state index contributed by atoms with van der Waals surface area (Å²) in [5.41, 5.74) is -0.0427. The van der Waals surface area contributed by atoms with E-state index < -0.39 is 5.91 Å². The monoisotopic (exact) mass is 492 g/mol. The lowest BCUT2D eigenvalue weighted by atomic mass is 10.2. The molecule has 0 aliphatic carbocycles. The molecule has 0 saturated heterocycles. The molecule has 3 aromatic rings. The van der Waals surface area contributed by atoms with E-state index >= 15 is 0 Å². The van der Waals surface area contributed by atoms with Gasteiger partial charge in [-0.3, -0.25) is 9.59 Å². The minimum atomic E-state index is -0.522. The van der Waals surface area contributed by atoms with E-state index in [1.807, 2.05) is 6.92 Å². The van der Waals surface area contributed by atoms with E-state index in [0.29, 0.717) is 28.9 Å². The maximum absolute atomic E-state index is 13.1. The van der Waals surface area contributed by atoms with Gasteiger partial charge in [0.15, 0.2) is 0 Å². The van der Waals surface area contributed by atoms with Gasteiger partial charge in [0, 0.05) is 11.6 Å². The molecule has 0 unspecified atom stereocenters. The number of pyridine rings is 1. The number of rotatable bonds is 5. The normalized spacial score (nSPS) is 11.1. The average molecular weight is 495 g/mol. The minimum absolute atomic E-state index is 0.0141. The number of hydrogen-bond donors (Lipinski definition) is 1. The topological polar surface area (TPSA) is 79.0 Å². The van der Waals surface area contributed by atoms with Gasteiger partial charge in [-0.15, -0.1) is 0 Å². The van der Waals surface area contributed by atoms with Crippen molar-refractivity contribution in [2.75, 3.05) is 6.54 Å². The van der Waals surface area contributed by atoms with Crippen LogP contribution in [0.3, 0.4) is 0 Å². The molecule has 1 N–H and O–H groups in total. The van der Waals surface area contributed by atoms with E-state index in [4.69, 9.17) is 58.0 Å². The van der Waals surface area contributed by atoms with Crippen LogP contribution in [0.15, 0.2) is 23.0 Å². The number of benzene rings is 1. The summed E-state index contributed by atoms with van der Waals surface area (Å²) < 4.78 is 0. The van der Waals surface area contributed by atoms with Crippen molar-refractivity contribution in [3.63, 3.8) is 0 Å². The number of carbonyl (C=O) groups excluding carboxylic acids is 1. The molecule has 0 saturated carbocycles. The second-order valence-electron chi connectivity index (χ2n) is 6.09. The van der Waals surface area contributed by atoms with Crippen molar-refractivity contribution in [2.45, 2.75) is 19.9 Å². The van der Waals surface area contributed by atoms with Crippen LogP contribution in [0.25, 0.3) is 10.9 Å². The number of aromatic amines is 1. The molecule has 29 heavy (non-hydrogen) atoms. The maximum atomic E-state index is 13.1. The predicted octanol–water partition coefficient (Wildman–Crippen LogP) is 5.64. The Morgan fingerprint density at radius 2 is 1.79 bits per heavy atom. The first-order valence-electron chi connectivity index (χ1n) is 8.40. The highest BCUT2D eigenvalue weighted by Crippen LogP contribution is 2.36. The van der Waals surface area contributed by atoms with E-state index in [0.717, 1.165) is 0 Å². The van der Waals surface area contributed by atoms with E-state index in [9.17, 15) is 9.59 Å². The Morgan fingerprint density at radius 1 is 1.07 bits per heavy atom. The lowest BCUT2D eigenvalue weighted by Crippen LogP contribution is -2.33. The first kappa shape index (κ1) is 22.1. The Hall–Kier alpha value is -1.57. The third kappa shape index (κ3) is 4.62. The van der Waals surface area contributed by atoms with Gasteiger partial charge in [0.1, 0.15) is 16.7 Å². The molecule has 1 amide bonds. The molecule has 0 spiro atoms. The number of H-pyrrole nitrogens is 1. The Kier molecular flexibility index (Phi) is 6.91. The summed E-state index contributed by atoms with van der Waals surface area (Å²) in [5, 5.41) is 0.526. The van der Waals surface area contributed by atoms with Gasteiger partial charge in [-0.1, -0.05) is 64.9 Å². The van der Waals surface area contributed by atoms with Gasteiger partial charge in [0.05, 0.1) is 32.5 Å². The number of carbonyl (C=O) groups is 1. The molecule has 3 rings (SSSR count).